The third-order valence-corrected chi connectivity index (χ3v) is 6.65. The Morgan fingerprint density at radius 1 is 1.29 bits per heavy atom. The highest BCUT2D eigenvalue weighted by Crippen LogP contribution is 2.42. The lowest BCUT2D eigenvalue weighted by atomic mass is 9.75. The van der Waals surface area contributed by atoms with E-state index in [-0.39, 0.29) is 25.0 Å². The fourth-order valence-electron chi connectivity index (χ4n) is 3.89. The van der Waals surface area contributed by atoms with Crippen molar-refractivity contribution in [3.63, 3.8) is 0 Å². The quantitative estimate of drug-likeness (QED) is 0.869. The van der Waals surface area contributed by atoms with Crippen molar-refractivity contribution in [1.29, 1.82) is 0 Å². The van der Waals surface area contributed by atoms with Crippen molar-refractivity contribution in [2.24, 2.45) is 11.3 Å². The Bertz CT molecular complexity index is 731. The van der Waals surface area contributed by atoms with Gasteiger partial charge in [0.2, 0.25) is 10.0 Å². The Balaban J connectivity index is 1.81. The fraction of sp³-hybridized carbons (Fsp3) is 0.588. The number of rotatable bonds is 3. The average molecular weight is 352 g/mol. The summed E-state index contributed by atoms with van der Waals surface area (Å²) in [5.74, 6) is 0.0815. The van der Waals surface area contributed by atoms with Crippen LogP contribution in [0.15, 0.2) is 24.3 Å². The van der Waals surface area contributed by atoms with E-state index in [1.165, 1.54) is 10.6 Å². The largest absolute Gasteiger partial charge is 0.396 e. The van der Waals surface area contributed by atoms with Crippen LogP contribution in [0.4, 0.5) is 0 Å². The van der Waals surface area contributed by atoms with Crippen LogP contribution in [0.2, 0.25) is 0 Å². The van der Waals surface area contributed by atoms with Gasteiger partial charge in [0, 0.05) is 37.2 Å². The fourth-order valence-corrected chi connectivity index (χ4v) is 4.81. The zero-order chi connectivity index (χ0) is 17.5. The van der Waals surface area contributed by atoms with Crippen molar-refractivity contribution >= 4 is 15.9 Å². The zero-order valence-electron chi connectivity index (χ0n) is 14.1. The molecule has 1 aromatic rings. The van der Waals surface area contributed by atoms with Gasteiger partial charge in [-0.15, -0.1) is 0 Å². The second-order valence-corrected chi connectivity index (χ2v) is 9.14. The summed E-state index contributed by atoms with van der Waals surface area (Å²) in [6.07, 6.45) is 1.87. The van der Waals surface area contributed by atoms with Gasteiger partial charge < -0.3 is 10.0 Å². The summed E-state index contributed by atoms with van der Waals surface area (Å²) >= 11 is 0. The second-order valence-electron chi connectivity index (χ2n) is 7.15. The lowest BCUT2D eigenvalue weighted by molar-refractivity contribution is 0.0406. The van der Waals surface area contributed by atoms with Gasteiger partial charge in [-0.1, -0.05) is 17.7 Å². The number of carbonyl (C=O) groups is 1. The molecule has 2 fully saturated rings. The van der Waals surface area contributed by atoms with E-state index in [0.29, 0.717) is 31.6 Å². The zero-order valence-corrected chi connectivity index (χ0v) is 14.9. The number of aryl methyl sites for hydroxylation is 1. The smallest absolute Gasteiger partial charge is 0.253 e. The van der Waals surface area contributed by atoms with Gasteiger partial charge >= 0.3 is 0 Å². The average Bonchev–Trinajstić information content (AvgIpc) is 2.93. The van der Waals surface area contributed by atoms with Crippen molar-refractivity contribution < 1.29 is 18.3 Å². The van der Waals surface area contributed by atoms with Crippen LogP contribution in [0.3, 0.4) is 0 Å². The van der Waals surface area contributed by atoms with Crippen molar-refractivity contribution in [2.45, 2.75) is 13.3 Å². The molecule has 0 saturated carbocycles. The highest BCUT2D eigenvalue weighted by molar-refractivity contribution is 7.88. The Kier molecular flexibility index (Phi) is 4.44. The van der Waals surface area contributed by atoms with Crippen LogP contribution in [0.25, 0.3) is 0 Å². The molecule has 0 bridgehead atoms. The minimum absolute atomic E-state index is 0.0527. The molecule has 7 heteroatoms. The molecule has 2 aliphatic rings. The van der Waals surface area contributed by atoms with Crippen molar-refractivity contribution in [3.05, 3.63) is 35.4 Å². The Morgan fingerprint density at radius 3 is 2.54 bits per heavy atom. The molecule has 3 rings (SSSR count). The summed E-state index contributed by atoms with van der Waals surface area (Å²) < 4.78 is 25.2. The molecule has 132 valence electrons. The monoisotopic (exact) mass is 352 g/mol. The van der Waals surface area contributed by atoms with E-state index in [2.05, 4.69) is 0 Å². The van der Waals surface area contributed by atoms with Gasteiger partial charge in [0.05, 0.1) is 12.9 Å². The number of aliphatic hydroxyl groups is 1. The number of likely N-dealkylation sites (tertiary alicyclic amines) is 1. The maximum atomic E-state index is 12.8. The Morgan fingerprint density at radius 2 is 1.96 bits per heavy atom. The molecule has 6 nitrogen and oxygen atoms in total. The van der Waals surface area contributed by atoms with Gasteiger partial charge in [0.15, 0.2) is 0 Å². The molecule has 0 radical (unpaired) electrons. The molecular formula is C17H24N2O4S. The number of fused-ring (bicyclic) bond motifs is 1. The highest BCUT2D eigenvalue weighted by atomic mass is 32.2. The predicted molar refractivity (Wildman–Crippen MR) is 91.1 cm³/mol. The van der Waals surface area contributed by atoms with E-state index < -0.39 is 15.4 Å². The highest BCUT2D eigenvalue weighted by Gasteiger charge is 2.51. The second kappa shape index (κ2) is 6.13. The van der Waals surface area contributed by atoms with Gasteiger partial charge in [-0.2, -0.15) is 0 Å². The van der Waals surface area contributed by atoms with Crippen LogP contribution < -0.4 is 0 Å². The molecule has 0 unspecified atom stereocenters. The maximum absolute atomic E-state index is 12.8. The Hall–Kier alpha value is -1.44. The predicted octanol–water partition coefficient (Wildman–Crippen LogP) is 0.711. The number of hydrogen-bond donors (Lipinski definition) is 1. The summed E-state index contributed by atoms with van der Waals surface area (Å²) in [7, 11) is -3.29. The SMILES string of the molecule is Cc1ccc(C(=O)N2C[C@@H]3CCN(S(C)(=O)=O)C[C@]3(CO)C2)cc1. The van der Waals surface area contributed by atoms with Crippen LogP contribution in [-0.2, 0) is 10.0 Å². The normalized spacial score (nSPS) is 28.0. The number of sulfonamides is 1. The molecule has 0 aromatic heterocycles. The van der Waals surface area contributed by atoms with E-state index in [0.717, 1.165) is 5.56 Å². The minimum Gasteiger partial charge on any atom is -0.396 e. The third kappa shape index (κ3) is 3.08. The minimum atomic E-state index is -3.29. The molecular weight excluding hydrogens is 328 g/mol. The van der Waals surface area contributed by atoms with Crippen LogP contribution in [0, 0.1) is 18.3 Å². The first-order valence-electron chi connectivity index (χ1n) is 8.17. The van der Waals surface area contributed by atoms with E-state index in [4.69, 9.17) is 0 Å². The number of carbonyl (C=O) groups excluding carboxylic acids is 1. The standard InChI is InChI=1S/C17H24N2O4S/c1-13-3-5-14(6-4-13)16(21)18-9-15-7-8-19(24(2,22)23)11-17(15,10-18)12-20/h3-6,15,20H,7-12H2,1-2H3/t15-,17-/m0/s1. The van der Waals surface area contributed by atoms with Crippen molar-refractivity contribution in [1.82, 2.24) is 9.21 Å². The van der Waals surface area contributed by atoms with Gasteiger partial charge in [0.1, 0.15) is 0 Å². The first-order valence-corrected chi connectivity index (χ1v) is 10.0. The van der Waals surface area contributed by atoms with Gasteiger partial charge in [0.25, 0.3) is 5.91 Å². The molecule has 2 atom stereocenters. The number of amides is 1. The summed E-state index contributed by atoms with van der Waals surface area (Å²) in [5.41, 5.74) is 1.17. The van der Waals surface area contributed by atoms with Crippen LogP contribution in [-0.4, -0.2) is 67.7 Å². The topological polar surface area (TPSA) is 77.9 Å². The number of benzene rings is 1. The number of aliphatic hydroxyl groups excluding tert-OH is 1. The molecule has 0 aliphatic carbocycles. The van der Waals surface area contributed by atoms with Crippen molar-refractivity contribution in [3.8, 4) is 0 Å². The van der Waals surface area contributed by atoms with E-state index in [9.17, 15) is 18.3 Å². The molecule has 0 spiro atoms. The van der Waals surface area contributed by atoms with Crippen LogP contribution >= 0.6 is 0 Å². The van der Waals surface area contributed by atoms with Crippen LogP contribution in [0.1, 0.15) is 22.3 Å². The number of hydrogen-bond acceptors (Lipinski definition) is 4. The molecule has 24 heavy (non-hydrogen) atoms. The first kappa shape index (κ1) is 17.4. The van der Waals surface area contributed by atoms with Gasteiger partial charge in [-0.25, -0.2) is 12.7 Å². The number of nitrogens with zero attached hydrogens (tertiary/aromatic N) is 2. The molecule has 2 heterocycles. The lowest BCUT2D eigenvalue weighted by Crippen LogP contribution is -2.52. The van der Waals surface area contributed by atoms with Gasteiger partial charge in [-0.05, 0) is 31.4 Å². The summed E-state index contributed by atoms with van der Waals surface area (Å²) in [5, 5.41) is 9.98. The van der Waals surface area contributed by atoms with Crippen molar-refractivity contribution in [2.75, 3.05) is 39.0 Å². The first-order chi connectivity index (χ1) is 11.2. The summed E-state index contributed by atoms with van der Waals surface area (Å²) in [6.45, 7) is 3.57. The molecule has 1 N–H and O–H groups in total. The number of piperidine rings is 1. The Labute approximate surface area is 143 Å². The van der Waals surface area contributed by atoms with Gasteiger partial charge in [-0.3, -0.25) is 4.79 Å². The summed E-state index contributed by atoms with van der Waals surface area (Å²) in [6, 6.07) is 7.44. The molecule has 2 aliphatic heterocycles. The van der Waals surface area contributed by atoms with E-state index >= 15 is 0 Å². The molecule has 1 aromatic carbocycles. The lowest BCUT2D eigenvalue weighted by Gasteiger charge is -2.41. The van der Waals surface area contributed by atoms with Crippen LogP contribution in [0.5, 0.6) is 0 Å². The van der Waals surface area contributed by atoms with E-state index in [1.807, 2.05) is 31.2 Å². The molecule has 2 saturated heterocycles. The van der Waals surface area contributed by atoms with E-state index in [1.54, 1.807) is 4.90 Å². The maximum Gasteiger partial charge on any atom is 0.253 e. The third-order valence-electron chi connectivity index (χ3n) is 5.40. The molecule has 1 amide bonds. The summed E-state index contributed by atoms with van der Waals surface area (Å²) in [4.78, 5) is 14.5.